The largest absolute Gasteiger partial charge is 0.507 e. The van der Waals surface area contributed by atoms with Gasteiger partial charge in [-0.3, -0.25) is 4.72 Å². The van der Waals surface area contributed by atoms with Gasteiger partial charge in [-0.2, -0.15) is 0 Å². The molecule has 1 heterocycles. The number of carboxylic acid groups (broad SMARTS) is 1. The zero-order chi connectivity index (χ0) is 14.9. The van der Waals surface area contributed by atoms with Gasteiger partial charge in [-0.1, -0.05) is 0 Å². The quantitative estimate of drug-likeness (QED) is 0.786. The number of nitrogens with one attached hydrogen (secondary N) is 1. The van der Waals surface area contributed by atoms with Crippen LogP contribution in [0.2, 0.25) is 0 Å². The van der Waals surface area contributed by atoms with Crippen LogP contribution in [0.25, 0.3) is 0 Å². The molecule has 0 spiro atoms. The number of benzene rings is 1. The van der Waals surface area contributed by atoms with Crippen molar-refractivity contribution >= 4 is 21.7 Å². The Bertz CT molecular complexity index is 764. The molecule has 0 amide bonds. The van der Waals surface area contributed by atoms with Gasteiger partial charge in [0.05, 0.1) is 5.69 Å². The number of hydrogen-bond acceptors (Lipinski definition) is 4. The predicted molar refractivity (Wildman–Crippen MR) is 71.3 cm³/mol. The van der Waals surface area contributed by atoms with E-state index in [4.69, 9.17) is 5.11 Å². The monoisotopic (exact) mass is 296 g/mol. The molecule has 0 radical (unpaired) electrons. The average molecular weight is 296 g/mol. The van der Waals surface area contributed by atoms with Crippen molar-refractivity contribution in [3.05, 3.63) is 42.2 Å². The first-order valence-corrected chi connectivity index (χ1v) is 6.99. The maximum absolute atomic E-state index is 12.0. The lowest BCUT2D eigenvalue weighted by Crippen LogP contribution is -2.12. The third kappa shape index (κ3) is 2.75. The normalized spacial score (nSPS) is 11.2. The van der Waals surface area contributed by atoms with Gasteiger partial charge in [-0.15, -0.1) is 0 Å². The highest BCUT2D eigenvalue weighted by Gasteiger charge is 2.17. The molecule has 106 valence electrons. The summed E-state index contributed by atoms with van der Waals surface area (Å²) >= 11 is 0. The molecule has 2 rings (SSSR count). The van der Waals surface area contributed by atoms with Crippen LogP contribution in [0, 0.1) is 0 Å². The molecule has 7 nitrogen and oxygen atoms in total. The second-order valence-electron chi connectivity index (χ2n) is 4.16. The predicted octanol–water partition coefficient (Wildman–Crippen LogP) is 1.23. The van der Waals surface area contributed by atoms with Crippen molar-refractivity contribution < 1.29 is 23.4 Å². The van der Waals surface area contributed by atoms with E-state index >= 15 is 0 Å². The Labute approximate surface area is 115 Å². The highest BCUT2D eigenvalue weighted by atomic mass is 32.2. The van der Waals surface area contributed by atoms with Gasteiger partial charge in [-0.05, 0) is 18.2 Å². The fourth-order valence-corrected chi connectivity index (χ4v) is 2.73. The van der Waals surface area contributed by atoms with E-state index in [0.29, 0.717) is 0 Å². The zero-order valence-corrected chi connectivity index (χ0v) is 11.3. The van der Waals surface area contributed by atoms with Crippen molar-refractivity contribution in [3.8, 4) is 5.75 Å². The highest BCUT2D eigenvalue weighted by Crippen LogP contribution is 2.24. The lowest BCUT2D eigenvalue weighted by molar-refractivity contribution is 0.0694. The number of nitrogens with zero attached hydrogens (tertiary/aromatic N) is 1. The van der Waals surface area contributed by atoms with Gasteiger partial charge in [0.25, 0.3) is 10.0 Å². The number of aromatic hydroxyl groups is 1. The minimum Gasteiger partial charge on any atom is -0.507 e. The first-order chi connectivity index (χ1) is 9.29. The number of anilines is 1. The Morgan fingerprint density at radius 2 is 2.00 bits per heavy atom. The third-order valence-electron chi connectivity index (χ3n) is 2.60. The van der Waals surface area contributed by atoms with Crippen LogP contribution in [0.15, 0.2) is 41.6 Å². The Morgan fingerprint density at radius 3 is 2.50 bits per heavy atom. The Balaban J connectivity index is 2.30. The van der Waals surface area contributed by atoms with Crippen LogP contribution in [-0.2, 0) is 17.1 Å². The second-order valence-corrected chi connectivity index (χ2v) is 5.84. The summed E-state index contributed by atoms with van der Waals surface area (Å²) in [6.07, 6.45) is 3.01. The van der Waals surface area contributed by atoms with E-state index in [9.17, 15) is 18.3 Å². The fraction of sp³-hybridized carbons (Fsp3) is 0.0833. The molecule has 0 saturated heterocycles. The van der Waals surface area contributed by atoms with Crippen molar-refractivity contribution in [2.45, 2.75) is 4.90 Å². The number of phenols is 1. The fourth-order valence-electron chi connectivity index (χ4n) is 1.63. The molecule has 0 fully saturated rings. The van der Waals surface area contributed by atoms with Crippen molar-refractivity contribution in [1.82, 2.24) is 4.57 Å². The SMILES string of the molecule is Cn1ccc(S(=O)(=O)Nc2ccc(C(=O)O)c(O)c2)c1. The van der Waals surface area contributed by atoms with Crippen molar-refractivity contribution in [2.24, 2.45) is 7.05 Å². The first kappa shape index (κ1) is 13.9. The molecule has 3 N–H and O–H groups in total. The number of hydrogen-bond donors (Lipinski definition) is 3. The number of carboxylic acids is 1. The van der Waals surface area contributed by atoms with Gasteiger partial charge in [-0.25, -0.2) is 13.2 Å². The molecule has 0 aliphatic heterocycles. The summed E-state index contributed by atoms with van der Waals surface area (Å²) < 4.78 is 27.9. The third-order valence-corrected chi connectivity index (χ3v) is 3.96. The van der Waals surface area contributed by atoms with Crippen LogP contribution in [0.1, 0.15) is 10.4 Å². The number of aromatic carboxylic acids is 1. The van der Waals surface area contributed by atoms with Crippen molar-refractivity contribution in [1.29, 1.82) is 0 Å². The minimum atomic E-state index is -3.77. The van der Waals surface area contributed by atoms with Gasteiger partial charge >= 0.3 is 5.97 Å². The molecule has 0 bridgehead atoms. The van der Waals surface area contributed by atoms with Crippen molar-refractivity contribution in [3.63, 3.8) is 0 Å². The molecule has 0 aliphatic carbocycles. The van der Waals surface area contributed by atoms with E-state index in [1.165, 1.54) is 18.3 Å². The lowest BCUT2D eigenvalue weighted by atomic mass is 10.2. The van der Waals surface area contributed by atoms with E-state index < -0.39 is 21.7 Å². The van der Waals surface area contributed by atoms with Gasteiger partial charge in [0.2, 0.25) is 0 Å². The van der Waals surface area contributed by atoms with E-state index in [-0.39, 0.29) is 16.1 Å². The van der Waals surface area contributed by atoms with Gasteiger partial charge < -0.3 is 14.8 Å². The summed E-state index contributed by atoms with van der Waals surface area (Å²) in [4.78, 5) is 10.8. The summed E-state index contributed by atoms with van der Waals surface area (Å²) in [6, 6.07) is 4.86. The molecule has 1 aromatic carbocycles. The second kappa shape index (κ2) is 4.89. The lowest BCUT2D eigenvalue weighted by Gasteiger charge is -2.08. The van der Waals surface area contributed by atoms with Crippen LogP contribution < -0.4 is 4.72 Å². The van der Waals surface area contributed by atoms with Crippen LogP contribution in [-0.4, -0.2) is 29.2 Å². The molecule has 0 unspecified atom stereocenters. The van der Waals surface area contributed by atoms with Crippen LogP contribution in [0.3, 0.4) is 0 Å². The maximum Gasteiger partial charge on any atom is 0.339 e. The molecule has 8 heteroatoms. The molecule has 1 aromatic heterocycles. The van der Waals surface area contributed by atoms with Crippen LogP contribution in [0.4, 0.5) is 5.69 Å². The molecule has 20 heavy (non-hydrogen) atoms. The number of aromatic nitrogens is 1. The van der Waals surface area contributed by atoms with E-state index in [0.717, 1.165) is 12.1 Å². The summed E-state index contributed by atoms with van der Waals surface area (Å²) in [6.45, 7) is 0. The summed E-state index contributed by atoms with van der Waals surface area (Å²) in [5.41, 5.74) is -0.219. The standard InChI is InChI=1S/C12H12N2O5S/c1-14-5-4-9(7-14)20(18,19)13-8-2-3-10(12(16)17)11(15)6-8/h2-7,13,15H,1H3,(H,16,17). The molecule has 2 aromatic rings. The molecule has 0 aliphatic rings. The number of sulfonamides is 1. The number of aryl methyl sites for hydroxylation is 1. The summed E-state index contributed by atoms with van der Waals surface area (Å²) in [5, 5.41) is 18.3. The number of rotatable bonds is 4. The van der Waals surface area contributed by atoms with Crippen LogP contribution in [0.5, 0.6) is 5.75 Å². The van der Waals surface area contributed by atoms with E-state index in [2.05, 4.69) is 4.72 Å². The van der Waals surface area contributed by atoms with Gasteiger partial charge in [0.1, 0.15) is 16.2 Å². The molecular weight excluding hydrogens is 284 g/mol. The first-order valence-electron chi connectivity index (χ1n) is 5.51. The van der Waals surface area contributed by atoms with E-state index in [1.807, 2.05) is 0 Å². The molecule has 0 atom stereocenters. The van der Waals surface area contributed by atoms with Gasteiger partial charge in [0.15, 0.2) is 0 Å². The summed E-state index contributed by atoms with van der Waals surface area (Å²) in [5.74, 6) is -1.80. The Hall–Kier alpha value is -2.48. The highest BCUT2D eigenvalue weighted by molar-refractivity contribution is 7.92. The Morgan fingerprint density at radius 1 is 1.30 bits per heavy atom. The van der Waals surface area contributed by atoms with E-state index in [1.54, 1.807) is 17.8 Å². The smallest absolute Gasteiger partial charge is 0.339 e. The van der Waals surface area contributed by atoms with Crippen LogP contribution >= 0.6 is 0 Å². The summed E-state index contributed by atoms with van der Waals surface area (Å²) in [7, 11) is -2.08. The molecule has 0 saturated carbocycles. The zero-order valence-electron chi connectivity index (χ0n) is 10.4. The van der Waals surface area contributed by atoms with Crippen molar-refractivity contribution in [2.75, 3.05) is 4.72 Å². The average Bonchev–Trinajstić information content (AvgIpc) is 2.75. The maximum atomic E-state index is 12.0. The Kier molecular flexibility index (Phi) is 3.41. The number of carbonyl (C=O) groups is 1. The van der Waals surface area contributed by atoms with Gasteiger partial charge in [0, 0.05) is 25.5 Å². The molecular formula is C12H12N2O5S. The minimum absolute atomic E-state index is 0.0711. The topological polar surface area (TPSA) is 109 Å².